The Morgan fingerprint density at radius 1 is 1.19 bits per heavy atom. The molecule has 27 heavy (non-hydrogen) atoms. The van der Waals surface area contributed by atoms with Crippen molar-refractivity contribution < 1.29 is 22.7 Å². The average Bonchev–Trinajstić information content (AvgIpc) is 2.70. The summed E-state index contributed by atoms with van der Waals surface area (Å²) >= 11 is 0. The SMILES string of the molecule is N#Cc1ccccc1S(=O)(=O)NCC(=O)OCC(=O)NCC1CCCCC1. The molecule has 0 aliphatic heterocycles. The van der Waals surface area contributed by atoms with E-state index < -0.39 is 35.1 Å². The predicted octanol–water partition coefficient (Wildman–Crippen LogP) is 1.08. The normalized spacial score (nSPS) is 14.9. The summed E-state index contributed by atoms with van der Waals surface area (Å²) in [5.74, 6) is -0.821. The van der Waals surface area contributed by atoms with Gasteiger partial charge < -0.3 is 10.1 Å². The van der Waals surface area contributed by atoms with Gasteiger partial charge in [0.05, 0.1) is 10.5 Å². The Labute approximate surface area is 158 Å². The molecule has 0 saturated heterocycles. The molecule has 1 aliphatic rings. The fourth-order valence-electron chi connectivity index (χ4n) is 2.92. The van der Waals surface area contributed by atoms with Crippen LogP contribution in [0.1, 0.15) is 37.7 Å². The van der Waals surface area contributed by atoms with Gasteiger partial charge in [-0.25, -0.2) is 8.42 Å². The van der Waals surface area contributed by atoms with Gasteiger partial charge in [-0.1, -0.05) is 31.4 Å². The van der Waals surface area contributed by atoms with Crippen LogP contribution in [0.3, 0.4) is 0 Å². The summed E-state index contributed by atoms with van der Waals surface area (Å²) in [5, 5.41) is 11.7. The first-order chi connectivity index (χ1) is 12.9. The number of esters is 1. The lowest BCUT2D eigenvalue weighted by Crippen LogP contribution is -2.36. The molecule has 8 nitrogen and oxygen atoms in total. The molecule has 146 valence electrons. The lowest BCUT2D eigenvalue weighted by Gasteiger charge is -2.21. The molecule has 1 aliphatic carbocycles. The van der Waals surface area contributed by atoms with Crippen LogP contribution in [0.2, 0.25) is 0 Å². The van der Waals surface area contributed by atoms with E-state index in [0.29, 0.717) is 12.5 Å². The number of hydrogen-bond acceptors (Lipinski definition) is 6. The molecule has 0 heterocycles. The van der Waals surface area contributed by atoms with E-state index in [-0.39, 0.29) is 10.5 Å². The van der Waals surface area contributed by atoms with Crippen molar-refractivity contribution in [3.63, 3.8) is 0 Å². The quantitative estimate of drug-likeness (QED) is 0.637. The minimum Gasteiger partial charge on any atom is -0.455 e. The summed E-state index contributed by atoms with van der Waals surface area (Å²) in [7, 11) is -4.04. The van der Waals surface area contributed by atoms with E-state index in [4.69, 9.17) is 10.00 Å². The first-order valence-corrected chi connectivity index (χ1v) is 10.3. The highest BCUT2D eigenvalue weighted by Gasteiger charge is 2.20. The van der Waals surface area contributed by atoms with Gasteiger partial charge in [0.1, 0.15) is 12.6 Å². The average molecular weight is 393 g/mol. The molecule has 2 rings (SSSR count). The van der Waals surface area contributed by atoms with Crippen LogP contribution in [0.4, 0.5) is 0 Å². The predicted molar refractivity (Wildman–Crippen MR) is 96.9 cm³/mol. The Kier molecular flexibility index (Phi) is 7.76. The van der Waals surface area contributed by atoms with Crippen LogP contribution in [0, 0.1) is 17.2 Å². The topological polar surface area (TPSA) is 125 Å². The lowest BCUT2D eigenvalue weighted by atomic mass is 9.89. The van der Waals surface area contributed by atoms with E-state index in [0.717, 1.165) is 12.8 Å². The monoisotopic (exact) mass is 393 g/mol. The Morgan fingerprint density at radius 2 is 1.89 bits per heavy atom. The minimum absolute atomic E-state index is 0.0274. The molecule has 0 unspecified atom stereocenters. The van der Waals surface area contributed by atoms with Gasteiger partial charge in [0, 0.05) is 6.54 Å². The standard InChI is InChI=1S/C18H23N3O5S/c19-10-15-8-4-5-9-16(15)27(24,25)21-12-18(23)26-13-17(22)20-11-14-6-2-1-3-7-14/h4-5,8-9,14,21H,1-3,6-7,11-13H2,(H,20,22). The van der Waals surface area contributed by atoms with Crippen molar-refractivity contribution in [2.45, 2.75) is 37.0 Å². The van der Waals surface area contributed by atoms with Gasteiger partial charge in [-0.15, -0.1) is 0 Å². The number of amides is 1. The van der Waals surface area contributed by atoms with Gasteiger partial charge >= 0.3 is 5.97 Å². The van der Waals surface area contributed by atoms with E-state index in [1.165, 1.54) is 43.5 Å². The highest BCUT2D eigenvalue weighted by atomic mass is 32.2. The molecule has 9 heteroatoms. The van der Waals surface area contributed by atoms with Crippen molar-refractivity contribution in [3.8, 4) is 6.07 Å². The van der Waals surface area contributed by atoms with Gasteiger partial charge in [-0.3, -0.25) is 9.59 Å². The van der Waals surface area contributed by atoms with Crippen LogP contribution in [-0.2, 0) is 24.3 Å². The molecule has 0 spiro atoms. The number of rotatable bonds is 8. The maximum absolute atomic E-state index is 12.2. The molecule has 0 bridgehead atoms. The van der Waals surface area contributed by atoms with Gasteiger partial charge in [0.25, 0.3) is 5.91 Å². The van der Waals surface area contributed by atoms with E-state index in [1.54, 1.807) is 6.07 Å². The molecular weight excluding hydrogens is 370 g/mol. The third-order valence-electron chi connectivity index (χ3n) is 4.38. The maximum atomic E-state index is 12.2. The van der Waals surface area contributed by atoms with Crippen LogP contribution in [0.5, 0.6) is 0 Å². The second-order valence-corrected chi connectivity index (χ2v) is 8.14. The number of hydrogen-bond donors (Lipinski definition) is 2. The molecule has 0 aromatic heterocycles. The summed E-state index contributed by atoms with van der Waals surface area (Å²) in [6, 6.07) is 7.43. The molecule has 0 radical (unpaired) electrons. The fraction of sp³-hybridized carbons (Fsp3) is 0.500. The zero-order valence-corrected chi connectivity index (χ0v) is 15.8. The molecule has 1 aromatic carbocycles. The number of carbonyl (C=O) groups excluding carboxylic acids is 2. The second kappa shape index (κ2) is 10.0. The summed E-state index contributed by atoms with van der Waals surface area (Å²) < 4.78 is 31.2. The zero-order chi connectivity index (χ0) is 19.7. The molecule has 1 amide bonds. The van der Waals surface area contributed by atoms with E-state index in [1.807, 2.05) is 0 Å². The van der Waals surface area contributed by atoms with Crippen molar-refractivity contribution in [1.29, 1.82) is 5.26 Å². The van der Waals surface area contributed by atoms with Crippen LogP contribution in [0.25, 0.3) is 0 Å². The molecule has 1 fully saturated rings. The first-order valence-electron chi connectivity index (χ1n) is 8.83. The number of nitriles is 1. The van der Waals surface area contributed by atoms with Crippen molar-refractivity contribution in [3.05, 3.63) is 29.8 Å². The number of nitrogens with zero attached hydrogens (tertiary/aromatic N) is 1. The number of sulfonamides is 1. The van der Waals surface area contributed by atoms with Gasteiger partial charge in [0.2, 0.25) is 10.0 Å². The van der Waals surface area contributed by atoms with Crippen LogP contribution >= 0.6 is 0 Å². The highest BCUT2D eigenvalue weighted by molar-refractivity contribution is 7.89. The van der Waals surface area contributed by atoms with Crippen LogP contribution < -0.4 is 10.0 Å². The Balaban J connectivity index is 1.73. The van der Waals surface area contributed by atoms with Crippen LogP contribution in [0.15, 0.2) is 29.2 Å². The van der Waals surface area contributed by atoms with Crippen molar-refractivity contribution >= 4 is 21.9 Å². The molecule has 1 saturated carbocycles. The maximum Gasteiger partial charge on any atom is 0.321 e. The first kappa shape index (κ1) is 20.9. The lowest BCUT2D eigenvalue weighted by molar-refractivity contribution is -0.147. The van der Waals surface area contributed by atoms with Crippen LogP contribution in [-0.4, -0.2) is 40.0 Å². The van der Waals surface area contributed by atoms with Crippen molar-refractivity contribution in [2.24, 2.45) is 5.92 Å². The van der Waals surface area contributed by atoms with Gasteiger partial charge in [0.15, 0.2) is 6.61 Å². The summed E-state index contributed by atoms with van der Waals surface area (Å²) in [4.78, 5) is 23.2. The van der Waals surface area contributed by atoms with Crippen molar-refractivity contribution in [1.82, 2.24) is 10.0 Å². The molecule has 0 atom stereocenters. The van der Waals surface area contributed by atoms with Crippen molar-refractivity contribution in [2.75, 3.05) is 19.7 Å². The Morgan fingerprint density at radius 3 is 2.59 bits per heavy atom. The largest absolute Gasteiger partial charge is 0.455 e. The number of benzene rings is 1. The zero-order valence-electron chi connectivity index (χ0n) is 14.9. The summed E-state index contributed by atoms with van der Waals surface area (Å²) in [6.07, 6.45) is 5.75. The smallest absolute Gasteiger partial charge is 0.321 e. The van der Waals surface area contributed by atoms with E-state index in [9.17, 15) is 18.0 Å². The van der Waals surface area contributed by atoms with E-state index >= 15 is 0 Å². The highest BCUT2D eigenvalue weighted by Crippen LogP contribution is 2.22. The molecule has 2 N–H and O–H groups in total. The van der Waals surface area contributed by atoms with Gasteiger partial charge in [-0.2, -0.15) is 9.98 Å². The number of nitrogens with one attached hydrogen (secondary N) is 2. The third-order valence-corrected chi connectivity index (χ3v) is 5.84. The van der Waals surface area contributed by atoms with E-state index in [2.05, 4.69) is 10.0 Å². The Hall–Kier alpha value is -2.44. The third kappa shape index (κ3) is 6.66. The summed E-state index contributed by atoms with van der Waals surface area (Å²) in [5.41, 5.74) is -0.0274. The number of carbonyl (C=O) groups is 2. The Bertz CT molecular complexity index is 811. The molecule has 1 aromatic rings. The summed E-state index contributed by atoms with van der Waals surface area (Å²) in [6.45, 7) is -0.520. The number of ether oxygens (including phenoxy) is 1. The fourth-order valence-corrected chi connectivity index (χ4v) is 4.05. The van der Waals surface area contributed by atoms with Gasteiger partial charge in [-0.05, 0) is 30.9 Å². The second-order valence-electron chi connectivity index (χ2n) is 6.40. The molecular formula is C18H23N3O5S. The minimum atomic E-state index is -4.04.